The molecule has 1 unspecified atom stereocenters. The first kappa shape index (κ1) is 24.2. The fraction of sp³-hybridized carbons (Fsp3) is 0.600. The molecule has 7 heteroatoms. The van der Waals surface area contributed by atoms with Gasteiger partial charge in [-0.15, -0.1) is 24.0 Å². The van der Waals surface area contributed by atoms with E-state index in [9.17, 15) is 4.79 Å². The average Bonchev–Trinajstić information content (AvgIpc) is 3.08. The van der Waals surface area contributed by atoms with Gasteiger partial charge in [0.1, 0.15) is 0 Å². The van der Waals surface area contributed by atoms with E-state index in [-0.39, 0.29) is 41.3 Å². The molecule has 1 fully saturated rings. The first-order valence-corrected chi connectivity index (χ1v) is 10.2. The fourth-order valence-corrected chi connectivity index (χ4v) is 3.37. The van der Waals surface area contributed by atoms with Crippen LogP contribution in [0.5, 0.6) is 0 Å². The summed E-state index contributed by atoms with van der Waals surface area (Å²) in [6, 6.07) is 8.69. The van der Waals surface area contributed by atoms with E-state index in [1.54, 1.807) is 0 Å². The van der Waals surface area contributed by atoms with Crippen molar-refractivity contribution in [3.63, 3.8) is 0 Å². The Labute approximate surface area is 188 Å². The summed E-state index contributed by atoms with van der Waals surface area (Å²) >= 11 is 3.49. The number of carbonyl (C=O) groups is 1. The van der Waals surface area contributed by atoms with Gasteiger partial charge < -0.3 is 15.5 Å². The molecule has 0 aliphatic carbocycles. The summed E-state index contributed by atoms with van der Waals surface area (Å²) in [4.78, 5) is 18.6. The van der Waals surface area contributed by atoms with Crippen LogP contribution in [-0.2, 0) is 10.2 Å². The van der Waals surface area contributed by atoms with Gasteiger partial charge in [-0.3, -0.25) is 9.79 Å². The van der Waals surface area contributed by atoms with Gasteiger partial charge in [0.05, 0.1) is 6.54 Å². The lowest BCUT2D eigenvalue weighted by atomic mass is 9.85. The lowest BCUT2D eigenvalue weighted by Gasteiger charge is -2.25. The number of rotatable bonds is 6. The maximum atomic E-state index is 11.9. The highest BCUT2D eigenvalue weighted by Gasteiger charge is 2.26. The van der Waals surface area contributed by atoms with Gasteiger partial charge in [0.2, 0.25) is 5.91 Å². The third kappa shape index (κ3) is 7.25. The highest BCUT2D eigenvalue weighted by molar-refractivity contribution is 14.0. The number of aliphatic imine (C=N–C) groups is 1. The molecule has 1 saturated heterocycles. The molecule has 0 saturated carbocycles. The Hall–Kier alpha value is -0.830. The summed E-state index contributed by atoms with van der Waals surface area (Å²) < 4.78 is 1.09. The average molecular weight is 551 g/mol. The highest BCUT2D eigenvalue weighted by Crippen LogP contribution is 2.25. The van der Waals surface area contributed by atoms with Crippen molar-refractivity contribution in [3.8, 4) is 0 Å². The minimum Gasteiger partial charge on any atom is -0.357 e. The fourth-order valence-electron chi connectivity index (χ4n) is 3.11. The van der Waals surface area contributed by atoms with E-state index in [1.165, 1.54) is 5.56 Å². The quantitative estimate of drug-likeness (QED) is 0.321. The second-order valence-corrected chi connectivity index (χ2v) is 8.32. The molecular formula is C20H32BrIN4O. The number of benzene rings is 1. The van der Waals surface area contributed by atoms with Crippen LogP contribution in [0.25, 0.3) is 0 Å². The van der Waals surface area contributed by atoms with E-state index in [0.29, 0.717) is 13.0 Å². The second kappa shape index (κ2) is 11.2. The van der Waals surface area contributed by atoms with Crippen molar-refractivity contribution in [2.24, 2.45) is 4.99 Å². The number of halogens is 2. The maximum absolute atomic E-state index is 11.9. The normalized spacial score (nSPS) is 17.4. The van der Waals surface area contributed by atoms with Crippen LogP contribution in [0.2, 0.25) is 0 Å². The number of nitrogens with one attached hydrogen (secondary N) is 2. The molecule has 1 aromatic carbocycles. The zero-order valence-corrected chi connectivity index (χ0v) is 20.6. The molecule has 2 N–H and O–H groups in total. The number of hydrogen-bond acceptors (Lipinski definition) is 2. The Morgan fingerprint density at radius 1 is 1.30 bits per heavy atom. The van der Waals surface area contributed by atoms with Crippen LogP contribution in [-0.4, -0.2) is 49.0 Å². The molecule has 0 radical (unpaired) electrons. The van der Waals surface area contributed by atoms with Crippen molar-refractivity contribution in [3.05, 3.63) is 34.3 Å². The largest absolute Gasteiger partial charge is 0.357 e. The topological polar surface area (TPSA) is 56.7 Å². The van der Waals surface area contributed by atoms with E-state index < -0.39 is 0 Å². The number of likely N-dealkylation sites (tertiary alicyclic amines) is 1. The number of hydrogen-bond donors (Lipinski definition) is 2. The van der Waals surface area contributed by atoms with Crippen LogP contribution in [0, 0.1) is 0 Å². The molecule has 0 bridgehead atoms. The monoisotopic (exact) mass is 550 g/mol. The number of carbonyl (C=O) groups excluding carboxylic acids is 1. The molecule has 1 aliphatic heterocycles. The summed E-state index contributed by atoms with van der Waals surface area (Å²) in [6.45, 7) is 11.5. The lowest BCUT2D eigenvalue weighted by Crippen LogP contribution is -2.45. The first-order valence-electron chi connectivity index (χ1n) is 9.44. The van der Waals surface area contributed by atoms with Gasteiger partial charge in [-0.1, -0.05) is 48.8 Å². The van der Waals surface area contributed by atoms with Gasteiger partial charge in [0, 0.05) is 42.0 Å². The molecule has 1 aromatic rings. The van der Waals surface area contributed by atoms with Crippen LogP contribution in [0.3, 0.4) is 0 Å². The predicted molar refractivity (Wildman–Crippen MR) is 127 cm³/mol. The zero-order valence-electron chi connectivity index (χ0n) is 16.7. The summed E-state index contributed by atoms with van der Waals surface area (Å²) in [5.74, 6) is 1.06. The molecule has 2 rings (SSSR count). The smallest absolute Gasteiger partial charge is 0.222 e. The molecule has 1 atom stereocenters. The molecule has 152 valence electrons. The second-order valence-electron chi connectivity index (χ2n) is 7.41. The van der Waals surface area contributed by atoms with Gasteiger partial charge in [0.25, 0.3) is 0 Å². The van der Waals surface area contributed by atoms with Crippen LogP contribution in [0.15, 0.2) is 33.7 Å². The summed E-state index contributed by atoms with van der Waals surface area (Å²) in [7, 11) is 0. The maximum Gasteiger partial charge on any atom is 0.222 e. The highest BCUT2D eigenvalue weighted by atomic mass is 127. The van der Waals surface area contributed by atoms with E-state index >= 15 is 0 Å². The molecule has 1 heterocycles. The van der Waals surface area contributed by atoms with Gasteiger partial charge >= 0.3 is 0 Å². The van der Waals surface area contributed by atoms with Crippen LogP contribution in [0.4, 0.5) is 0 Å². The molecule has 27 heavy (non-hydrogen) atoms. The van der Waals surface area contributed by atoms with Gasteiger partial charge in [-0.25, -0.2) is 0 Å². The van der Waals surface area contributed by atoms with Crippen molar-refractivity contribution < 1.29 is 4.79 Å². The molecule has 5 nitrogen and oxygen atoms in total. The van der Waals surface area contributed by atoms with E-state index in [1.807, 2.05) is 11.8 Å². The van der Waals surface area contributed by atoms with Crippen molar-refractivity contribution in [2.75, 3.05) is 26.2 Å². The van der Waals surface area contributed by atoms with Gasteiger partial charge in [-0.05, 0) is 31.0 Å². The van der Waals surface area contributed by atoms with Crippen molar-refractivity contribution in [1.29, 1.82) is 0 Å². The van der Waals surface area contributed by atoms with Crippen LogP contribution in [0.1, 0.15) is 46.1 Å². The number of amides is 1. The Kier molecular flexibility index (Phi) is 10.1. The SMILES string of the molecule is CCNC(=NCC(C)(C)c1ccc(Br)cc1)NC1CCN(C(=O)CC)C1.I. The molecule has 0 spiro atoms. The van der Waals surface area contributed by atoms with E-state index in [0.717, 1.165) is 36.5 Å². The summed E-state index contributed by atoms with van der Waals surface area (Å²) in [5, 5.41) is 6.83. The van der Waals surface area contributed by atoms with Crippen molar-refractivity contribution >= 4 is 51.8 Å². The minimum absolute atomic E-state index is 0. The van der Waals surface area contributed by atoms with Crippen molar-refractivity contribution in [2.45, 2.75) is 52.0 Å². The first-order chi connectivity index (χ1) is 12.4. The Morgan fingerprint density at radius 3 is 2.56 bits per heavy atom. The van der Waals surface area contributed by atoms with E-state index in [4.69, 9.17) is 4.99 Å². The molecule has 0 aromatic heterocycles. The van der Waals surface area contributed by atoms with Crippen LogP contribution < -0.4 is 10.6 Å². The van der Waals surface area contributed by atoms with Crippen molar-refractivity contribution in [1.82, 2.24) is 15.5 Å². The number of guanidine groups is 1. The summed E-state index contributed by atoms with van der Waals surface area (Å²) in [5.41, 5.74) is 1.21. The summed E-state index contributed by atoms with van der Waals surface area (Å²) in [6.07, 6.45) is 1.54. The Morgan fingerprint density at radius 2 is 1.96 bits per heavy atom. The Balaban J connectivity index is 0.00000364. The van der Waals surface area contributed by atoms with Crippen LogP contribution >= 0.6 is 39.9 Å². The molecule has 1 aliphatic rings. The third-order valence-corrected chi connectivity index (χ3v) is 5.32. The molecular weight excluding hydrogens is 519 g/mol. The third-order valence-electron chi connectivity index (χ3n) is 4.79. The lowest BCUT2D eigenvalue weighted by molar-refractivity contribution is -0.129. The predicted octanol–water partition coefficient (Wildman–Crippen LogP) is 3.91. The van der Waals surface area contributed by atoms with Gasteiger partial charge in [0.15, 0.2) is 5.96 Å². The van der Waals surface area contributed by atoms with Gasteiger partial charge in [-0.2, -0.15) is 0 Å². The minimum atomic E-state index is -0.0526. The Bertz CT molecular complexity index is 633. The van der Waals surface area contributed by atoms with E-state index in [2.05, 4.69) is 71.6 Å². The standard InChI is InChI=1S/C20H31BrN4O.HI/c1-5-18(26)25-12-11-17(13-25)24-19(22-6-2)23-14-20(3,4)15-7-9-16(21)10-8-15;/h7-10,17H,5-6,11-14H2,1-4H3,(H2,22,23,24);1H. The molecule has 1 amide bonds. The zero-order chi connectivity index (χ0) is 19.2. The number of nitrogens with zero attached hydrogens (tertiary/aromatic N) is 2.